The van der Waals surface area contributed by atoms with E-state index < -0.39 is 17.7 Å². The highest BCUT2D eigenvalue weighted by Gasteiger charge is 2.48. The summed E-state index contributed by atoms with van der Waals surface area (Å²) in [6, 6.07) is 10.3. The Hall–Kier alpha value is -2.94. The average Bonchev–Trinajstić information content (AvgIpc) is 3.30. The van der Waals surface area contributed by atoms with Crippen molar-refractivity contribution in [3.63, 3.8) is 0 Å². The third-order valence-electron chi connectivity index (χ3n) is 4.79. The van der Waals surface area contributed by atoms with Gasteiger partial charge in [0.2, 0.25) is 5.13 Å². The first-order valence-electron chi connectivity index (χ1n) is 9.02. The summed E-state index contributed by atoms with van der Waals surface area (Å²) >= 11 is 13.4. The van der Waals surface area contributed by atoms with Crippen LogP contribution in [0.4, 0.5) is 5.13 Å². The zero-order valence-corrected chi connectivity index (χ0v) is 18.6. The molecule has 10 heteroatoms. The first-order valence-corrected chi connectivity index (χ1v) is 10.6. The lowest BCUT2D eigenvalue weighted by molar-refractivity contribution is -0.132. The number of benzene rings is 2. The van der Waals surface area contributed by atoms with Crippen LogP contribution in [0.5, 0.6) is 5.75 Å². The number of halogens is 2. The van der Waals surface area contributed by atoms with Gasteiger partial charge in [0.15, 0.2) is 0 Å². The molecule has 1 unspecified atom stereocenters. The molecule has 0 bridgehead atoms. The number of carbonyl (C=O) groups excluding carboxylic acids is 2. The fourth-order valence-electron chi connectivity index (χ4n) is 3.32. The van der Waals surface area contributed by atoms with Crippen molar-refractivity contribution in [3.8, 4) is 5.75 Å². The molecule has 0 aliphatic carbocycles. The molecule has 7 nitrogen and oxygen atoms in total. The maximum Gasteiger partial charge on any atom is 0.301 e. The van der Waals surface area contributed by atoms with E-state index in [9.17, 15) is 14.7 Å². The van der Waals surface area contributed by atoms with Crippen molar-refractivity contribution in [2.45, 2.75) is 13.0 Å². The summed E-state index contributed by atoms with van der Waals surface area (Å²) in [6.07, 6.45) is 0. The van der Waals surface area contributed by atoms with Gasteiger partial charge >= 0.3 is 5.91 Å². The summed E-state index contributed by atoms with van der Waals surface area (Å²) in [5.74, 6) is -1.39. The lowest BCUT2D eigenvalue weighted by atomic mass is 9.95. The van der Waals surface area contributed by atoms with Crippen LogP contribution >= 0.6 is 34.5 Å². The number of nitrogens with zero attached hydrogens (tertiary/aromatic N) is 3. The normalized spacial score (nSPS) is 17.9. The van der Waals surface area contributed by atoms with Gasteiger partial charge in [-0.25, -0.2) is 0 Å². The maximum atomic E-state index is 13.0. The second-order valence-electron chi connectivity index (χ2n) is 6.67. The number of ether oxygens (including phenoxy) is 1. The summed E-state index contributed by atoms with van der Waals surface area (Å²) in [6.45, 7) is 1.74. The second kappa shape index (κ2) is 8.30. The second-order valence-corrected chi connectivity index (χ2v) is 8.65. The zero-order chi connectivity index (χ0) is 22.3. The number of hydrogen-bond donors (Lipinski definition) is 1. The average molecular weight is 476 g/mol. The lowest BCUT2D eigenvalue weighted by Crippen LogP contribution is -2.29. The highest BCUT2D eigenvalue weighted by molar-refractivity contribution is 7.15. The molecule has 1 saturated heterocycles. The molecule has 1 aliphatic rings. The number of aliphatic hydroxyl groups excluding tert-OH is 1. The molecule has 3 aromatic rings. The van der Waals surface area contributed by atoms with Crippen LogP contribution in [0.1, 0.15) is 22.2 Å². The molecule has 158 valence electrons. The number of rotatable bonds is 4. The van der Waals surface area contributed by atoms with Crippen molar-refractivity contribution >= 4 is 57.1 Å². The van der Waals surface area contributed by atoms with E-state index in [4.69, 9.17) is 27.9 Å². The number of ketones is 1. The fourth-order valence-corrected chi connectivity index (χ4v) is 4.34. The standard InChI is InChI=1S/C21H15Cl2N3O4S/c1-10-24-25-21(31-10)26-17(12-5-8-14(22)15(23)9-12)16(19(28)20(26)29)18(27)11-3-6-13(30-2)7-4-11/h3-9,17,27H,1-2H3/b18-16+. The van der Waals surface area contributed by atoms with Crippen LogP contribution in [0.2, 0.25) is 10.0 Å². The van der Waals surface area contributed by atoms with E-state index in [1.807, 2.05) is 0 Å². The Balaban J connectivity index is 1.93. The molecular formula is C21H15Cl2N3O4S. The first kappa shape index (κ1) is 21.3. The Kier molecular flexibility index (Phi) is 5.70. The Morgan fingerprint density at radius 3 is 2.39 bits per heavy atom. The Morgan fingerprint density at radius 2 is 1.81 bits per heavy atom. The molecule has 1 aliphatic heterocycles. The summed E-state index contributed by atoms with van der Waals surface area (Å²) < 4.78 is 5.14. The molecule has 1 atom stereocenters. The number of methoxy groups -OCH3 is 1. The van der Waals surface area contributed by atoms with Gasteiger partial charge in [-0.1, -0.05) is 40.6 Å². The van der Waals surface area contributed by atoms with Crippen molar-refractivity contribution in [3.05, 3.63) is 74.2 Å². The number of hydrogen-bond acceptors (Lipinski definition) is 7. The molecule has 2 aromatic carbocycles. The Bertz CT molecular complexity index is 1220. The van der Waals surface area contributed by atoms with Crippen LogP contribution in [0.25, 0.3) is 5.76 Å². The number of amides is 1. The monoisotopic (exact) mass is 475 g/mol. The van der Waals surface area contributed by atoms with Crippen molar-refractivity contribution in [2.75, 3.05) is 12.0 Å². The maximum absolute atomic E-state index is 13.0. The van der Waals surface area contributed by atoms with Crippen molar-refractivity contribution < 1.29 is 19.4 Å². The minimum Gasteiger partial charge on any atom is -0.507 e. The van der Waals surface area contributed by atoms with Gasteiger partial charge in [-0.05, 0) is 48.9 Å². The molecular weight excluding hydrogens is 461 g/mol. The minimum atomic E-state index is -0.954. The number of carbonyl (C=O) groups is 2. The van der Waals surface area contributed by atoms with E-state index in [0.29, 0.717) is 26.9 Å². The van der Waals surface area contributed by atoms with Crippen LogP contribution in [0.3, 0.4) is 0 Å². The third-order valence-corrected chi connectivity index (χ3v) is 6.37. The van der Waals surface area contributed by atoms with Crippen molar-refractivity contribution in [1.29, 1.82) is 0 Å². The molecule has 1 N–H and O–H groups in total. The van der Waals surface area contributed by atoms with Gasteiger partial charge < -0.3 is 9.84 Å². The van der Waals surface area contributed by atoms with E-state index in [1.54, 1.807) is 49.4 Å². The molecule has 1 fully saturated rings. The van der Waals surface area contributed by atoms with Crippen LogP contribution < -0.4 is 9.64 Å². The van der Waals surface area contributed by atoms with Crippen LogP contribution in [0.15, 0.2) is 48.0 Å². The predicted octanol–water partition coefficient (Wildman–Crippen LogP) is 4.79. The predicted molar refractivity (Wildman–Crippen MR) is 119 cm³/mol. The highest BCUT2D eigenvalue weighted by Crippen LogP contribution is 2.44. The molecule has 31 heavy (non-hydrogen) atoms. The van der Waals surface area contributed by atoms with Crippen molar-refractivity contribution in [2.24, 2.45) is 0 Å². The minimum absolute atomic E-state index is 0.0820. The highest BCUT2D eigenvalue weighted by atomic mass is 35.5. The molecule has 1 aromatic heterocycles. The quantitative estimate of drug-likeness (QED) is 0.331. The molecule has 2 heterocycles. The van der Waals surface area contributed by atoms with Crippen molar-refractivity contribution in [1.82, 2.24) is 10.2 Å². The number of aryl methyl sites for hydroxylation is 1. The smallest absolute Gasteiger partial charge is 0.301 e. The Morgan fingerprint density at radius 1 is 1.10 bits per heavy atom. The summed E-state index contributed by atoms with van der Waals surface area (Å²) in [7, 11) is 1.52. The van der Waals surface area contributed by atoms with Gasteiger partial charge in [0.1, 0.15) is 16.5 Å². The van der Waals surface area contributed by atoms with Gasteiger partial charge in [0, 0.05) is 5.56 Å². The number of anilines is 1. The number of aliphatic hydroxyl groups is 1. The van der Waals surface area contributed by atoms with E-state index in [-0.39, 0.29) is 21.5 Å². The van der Waals surface area contributed by atoms with Gasteiger partial charge in [-0.3, -0.25) is 14.5 Å². The summed E-state index contributed by atoms with van der Waals surface area (Å²) in [4.78, 5) is 27.2. The first-order chi connectivity index (χ1) is 14.8. The largest absolute Gasteiger partial charge is 0.507 e. The summed E-state index contributed by atoms with van der Waals surface area (Å²) in [5.41, 5.74) is 0.773. The van der Waals surface area contributed by atoms with Gasteiger partial charge in [-0.2, -0.15) is 0 Å². The zero-order valence-electron chi connectivity index (χ0n) is 16.3. The fraction of sp³-hybridized carbons (Fsp3) is 0.143. The van der Waals surface area contributed by atoms with Gasteiger partial charge in [0.25, 0.3) is 5.78 Å². The lowest BCUT2D eigenvalue weighted by Gasteiger charge is -2.23. The van der Waals surface area contributed by atoms with Crippen LogP contribution in [0, 0.1) is 6.92 Å². The summed E-state index contributed by atoms with van der Waals surface area (Å²) in [5, 5.41) is 20.5. The van der Waals surface area contributed by atoms with Gasteiger partial charge in [0.05, 0.1) is 28.8 Å². The van der Waals surface area contributed by atoms with E-state index in [0.717, 1.165) is 11.3 Å². The molecule has 0 saturated carbocycles. The molecule has 4 rings (SSSR count). The molecule has 0 spiro atoms. The van der Waals surface area contributed by atoms with E-state index >= 15 is 0 Å². The van der Waals surface area contributed by atoms with E-state index in [2.05, 4.69) is 10.2 Å². The van der Waals surface area contributed by atoms with Crippen LogP contribution in [-0.2, 0) is 9.59 Å². The Labute approximate surface area is 191 Å². The number of aromatic nitrogens is 2. The third kappa shape index (κ3) is 3.78. The molecule has 1 amide bonds. The van der Waals surface area contributed by atoms with E-state index in [1.165, 1.54) is 12.0 Å². The topological polar surface area (TPSA) is 92.6 Å². The van der Waals surface area contributed by atoms with Crippen LogP contribution in [-0.4, -0.2) is 34.1 Å². The number of Topliss-reactive ketones (excluding diaryl/α,β-unsaturated/α-hetero) is 1. The van der Waals surface area contributed by atoms with Gasteiger partial charge in [-0.15, -0.1) is 10.2 Å². The SMILES string of the molecule is COc1ccc(/C(O)=C2\C(=O)C(=O)N(c3nnc(C)s3)C2c2ccc(Cl)c(Cl)c2)cc1. The molecule has 0 radical (unpaired) electrons.